The van der Waals surface area contributed by atoms with E-state index in [-0.39, 0.29) is 17.9 Å². The molecule has 0 bridgehead atoms. The van der Waals surface area contributed by atoms with Gasteiger partial charge in [-0.2, -0.15) is 0 Å². The fourth-order valence-corrected chi connectivity index (χ4v) is 4.51. The Kier molecular flexibility index (Phi) is 6.52. The van der Waals surface area contributed by atoms with E-state index in [4.69, 9.17) is 9.47 Å². The molecule has 9 nitrogen and oxygen atoms in total. The summed E-state index contributed by atoms with van der Waals surface area (Å²) in [6, 6.07) is 6.61. The monoisotopic (exact) mass is 456 g/mol. The van der Waals surface area contributed by atoms with E-state index in [1.54, 1.807) is 14.0 Å². The zero-order valence-electron chi connectivity index (χ0n) is 17.9. The molecule has 1 aliphatic rings. The first-order valence-corrected chi connectivity index (χ1v) is 11.2. The Morgan fingerprint density at radius 2 is 2.03 bits per heavy atom. The number of Topliss-reactive ketones (excluding diaryl/α,β-unsaturated/α-hetero) is 1. The minimum absolute atomic E-state index is 0.000780. The molecule has 1 saturated heterocycles. The highest BCUT2D eigenvalue weighted by atomic mass is 32.1. The molecule has 1 aromatic carbocycles. The number of aromatic nitrogens is 2. The van der Waals surface area contributed by atoms with Crippen LogP contribution in [-0.4, -0.2) is 54.7 Å². The van der Waals surface area contributed by atoms with E-state index in [0.717, 1.165) is 23.5 Å². The van der Waals surface area contributed by atoms with Crippen LogP contribution in [0.25, 0.3) is 10.2 Å². The first kappa shape index (κ1) is 22.0. The van der Waals surface area contributed by atoms with Gasteiger partial charge in [0.1, 0.15) is 11.3 Å². The summed E-state index contributed by atoms with van der Waals surface area (Å²) >= 11 is 1.36. The summed E-state index contributed by atoms with van der Waals surface area (Å²) in [6.07, 6.45) is 1.81. The lowest BCUT2D eigenvalue weighted by Crippen LogP contribution is -2.36. The molecular weight excluding hydrogens is 432 g/mol. The fraction of sp³-hybridized carbons (Fsp3) is 0.364. The fourth-order valence-electron chi connectivity index (χ4n) is 3.49. The molecule has 3 aromatic rings. The number of rotatable bonds is 7. The van der Waals surface area contributed by atoms with Crippen LogP contribution < -0.4 is 20.5 Å². The molecule has 10 heteroatoms. The predicted molar refractivity (Wildman–Crippen MR) is 123 cm³/mol. The lowest BCUT2D eigenvalue weighted by atomic mass is 10.2. The van der Waals surface area contributed by atoms with Crippen molar-refractivity contribution in [2.45, 2.75) is 19.9 Å². The summed E-state index contributed by atoms with van der Waals surface area (Å²) in [7, 11) is 1.58. The highest BCUT2D eigenvalue weighted by Crippen LogP contribution is 2.39. The Labute approximate surface area is 188 Å². The molecule has 168 valence electrons. The number of nitrogens with one attached hydrogen (secondary N) is 1. The summed E-state index contributed by atoms with van der Waals surface area (Å²) in [4.78, 5) is 43.4. The number of fused-ring (bicyclic) bond motifs is 1. The maximum Gasteiger partial charge on any atom is 0.257 e. The third-order valence-corrected chi connectivity index (χ3v) is 6.27. The maximum atomic E-state index is 12.8. The van der Waals surface area contributed by atoms with Gasteiger partial charge in [0.15, 0.2) is 10.9 Å². The first-order valence-electron chi connectivity index (χ1n) is 10.3. The Balaban J connectivity index is 1.60. The van der Waals surface area contributed by atoms with Gasteiger partial charge in [0.2, 0.25) is 0 Å². The second-order valence-electron chi connectivity index (χ2n) is 7.31. The van der Waals surface area contributed by atoms with E-state index in [9.17, 15) is 14.4 Å². The van der Waals surface area contributed by atoms with Crippen molar-refractivity contribution in [2.24, 2.45) is 0 Å². The molecule has 4 rings (SSSR count). The topological polar surface area (TPSA) is 103 Å². The Morgan fingerprint density at radius 1 is 1.25 bits per heavy atom. The van der Waals surface area contributed by atoms with E-state index >= 15 is 0 Å². The van der Waals surface area contributed by atoms with Crippen LogP contribution in [0.1, 0.15) is 23.7 Å². The van der Waals surface area contributed by atoms with Crippen molar-refractivity contribution < 1.29 is 19.1 Å². The van der Waals surface area contributed by atoms with Gasteiger partial charge < -0.3 is 18.9 Å². The number of carbonyl (C=O) groups is 2. The molecule has 0 saturated carbocycles. The van der Waals surface area contributed by atoms with Crippen LogP contribution in [0, 0.1) is 0 Å². The Hall–Kier alpha value is -3.24. The SMILES string of the molecule is CCC(=O)Cn1ccc(C(=O)Nc2nc3c(OC)ccc(N4CCOCC4)c3s2)cc1=O. The summed E-state index contributed by atoms with van der Waals surface area (Å²) in [5.41, 5.74) is 1.49. The number of hydrogen-bond acceptors (Lipinski definition) is 8. The number of hydrogen-bond donors (Lipinski definition) is 1. The summed E-state index contributed by atoms with van der Waals surface area (Å²) < 4.78 is 13.1. The molecule has 0 unspecified atom stereocenters. The van der Waals surface area contributed by atoms with Gasteiger partial charge in [-0.05, 0) is 18.2 Å². The van der Waals surface area contributed by atoms with Gasteiger partial charge >= 0.3 is 0 Å². The first-order chi connectivity index (χ1) is 15.5. The molecule has 0 atom stereocenters. The number of morpholine rings is 1. The van der Waals surface area contributed by atoms with Crippen LogP contribution in [0.3, 0.4) is 0 Å². The van der Waals surface area contributed by atoms with Gasteiger partial charge in [0.25, 0.3) is 11.5 Å². The van der Waals surface area contributed by atoms with E-state index in [1.807, 2.05) is 12.1 Å². The summed E-state index contributed by atoms with van der Waals surface area (Å²) in [5, 5.41) is 3.19. The maximum absolute atomic E-state index is 12.8. The minimum atomic E-state index is -0.443. The number of pyridine rings is 1. The van der Waals surface area contributed by atoms with Crippen molar-refractivity contribution in [3.63, 3.8) is 0 Å². The van der Waals surface area contributed by atoms with E-state index in [2.05, 4.69) is 15.2 Å². The van der Waals surface area contributed by atoms with E-state index < -0.39 is 11.5 Å². The lowest BCUT2D eigenvalue weighted by Gasteiger charge is -2.29. The molecule has 3 heterocycles. The number of carbonyl (C=O) groups excluding carboxylic acids is 2. The highest BCUT2D eigenvalue weighted by Gasteiger charge is 2.20. The lowest BCUT2D eigenvalue weighted by molar-refractivity contribution is -0.119. The van der Waals surface area contributed by atoms with Crippen molar-refractivity contribution in [1.29, 1.82) is 0 Å². The molecule has 1 aliphatic heterocycles. The van der Waals surface area contributed by atoms with Crippen LogP contribution in [0.2, 0.25) is 0 Å². The second kappa shape index (κ2) is 9.49. The van der Waals surface area contributed by atoms with Gasteiger partial charge in [0.05, 0.1) is 37.3 Å². The number of methoxy groups -OCH3 is 1. The average Bonchev–Trinajstić information content (AvgIpc) is 3.23. The molecule has 1 N–H and O–H groups in total. The zero-order valence-corrected chi connectivity index (χ0v) is 18.7. The van der Waals surface area contributed by atoms with Gasteiger partial charge in [0, 0.05) is 37.3 Å². The van der Waals surface area contributed by atoms with Gasteiger partial charge in [-0.3, -0.25) is 19.7 Å². The number of amides is 1. The van der Waals surface area contributed by atoms with Crippen molar-refractivity contribution in [2.75, 3.05) is 43.6 Å². The molecular formula is C22H24N4O5S. The molecule has 32 heavy (non-hydrogen) atoms. The molecule has 0 spiro atoms. The van der Waals surface area contributed by atoms with Crippen LogP contribution in [0.4, 0.5) is 10.8 Å². The Bertz CT molecular complexity index is 1210. The minimum Gasteiger partial charge on any atom is -0.494 e. The Morgan fingerprint density at radius 3 is 2.72 bits per heavy atom. The van der Waals surface area contributed by atoms with Crippen LogP contribution in [0.5, 0.6) is 5.75 Å². The number of ketones is 1. The predicted octanol–water partition coefficient (Wildman–Crippen LogP) is 2.53. The van der Waals surface area contributed by atoms with Crippen LogP contribution in [-0.2, 0) is 16.1 Å². The average molecular weight is 457 g/mol. The van der Waals surface area contributed by atoms with E-state index in [1.165, 1.54) is 34.2 Å². The number of anilines is 2. The zero-order chi connectivity index (χ0) is 22.7. The summed E-state index contributed by atoms with van der Waals surface area (Å²) in [6.45, 7) is 4.61. The smallest absolute Gasteiger partial charge is 0.257 e. The molecule has 1 fully saturated rings. The van der Waals surface area contributed by atoms with Crippen LogP contribution in [0.15, 0.2) is 35.3 Å². The van der Waals surface area contributed by atoms with Crippen molar-refractivity contribution in [3.05, 3.63) is 46.4 Å². The number of nitrogens with zero attached hydrogens (tertiary/aromatic N) is 3. The quantitative estimate of drug-likeness (QED) is 0.583. The second-order valence-corrected chi connectivity index (χ2v) is 8.31. The highest BCUT2D eigenvalue weighted by molar-refractivity contribution is 7.23. The normalized spacial score (nSPS) is 13.9. The summed E-state index contributed by atoms with van der Waals surface area (Å²) in [5.74, 6) is 0.128. The van der Waals surface area contributed by atoms with Crippen molar-refractivity contribution in [1.82, 2.24) is 9.55 Å². The number of ether oxygens (including phenoxy) is 2. The molecule has 2 aromatic heterocycles. The molecule has 1 amide bonds. The number of benzene rings is 1. The standard InChI is InChI=1S/C22H24N4O5S/c1-3-15(27)13-26-7-6-14(12-18(26)28)21(29)24-22-23-19-17(30-2)5-4-16(20(19)32-22)25-8-10-31-11-9-25/h4-7,12H,3,8-11,13H2,1-2H3,(H,23,24,29). The number of thiazole rings is 1. The molecule has 0 aliphatic carbocycles. The van der Waals surface area contributed by atoms with Crippen molar-refractivity contribution in [3.8, 4) is 5.75 Å². The van der Waals surface area contributed by atoms with Gasteiger partial charge in [-0.1, -0.05) is 18.3 Å². The third-order valence-electron chi connectivity index (χ3n) is 5.28. The third kappa shape index (κ3) is 4.51. The molecule has 0 radical (unpaired) electrons. The largest absolute Gasteiger partial charge is 0.494 e. The van der Waals surface area contributed by atoms with Gasteiger partial charge in [-0.25, -0.2) is 4.98 Å². The van der Waals surface area contributed by atoms with Crippen molar-refractivity contribution >= 4 is 44.1 Å². The van der Waals surface area contributed by atoms with Crippen LogP contribution >= 0.6 is 11.3 Å². The van der Waals surface area contributed by atoms with Gasteiger partial charge in [-0.15, -0.1) is 0 Å². The van der Waals surface area contributed by atoms with E-state index in [0.29, 0.717) is 36.0 Å².